The van der Waals surface area contributed by atoms with Gasteiger partial charge in [-0.2, -0.15) is 0 Å². The molecule has 3 heteroatoms. The molecule has 144 valence electrons. The molecule has 0 bridgehead atoms. The zero-order valence-corrected chi connectivity index (χ0v) is 15.9. The molecule has 1 atom stereocenters. The third kappa shape index (κ3) is 3.58. The maximum Gasteiger partial charge on any atom is 0.166 e. The number of rotatable bonds is 4. The van der Waals surface area contributed by atoms with E-state index in [0.29, 0.717) is 5.56 Å². The molecule has 1 aliphatic rings. The Morgan fingerprint density at radius 3 is 2.54 bits per heavy atom. The lowest BCUT2D eigenvalue weighted by Crippen LogP contribution is -2.14. The van der Waals surface area contributed by atoms with Gasteiger partial charge in [-0.05, 0) is 71.6 Å². The molecule has 0 spiro atoms. The van der Waals surface area contributed by atoms with Crippen molar-refractivity contribution in [2.75, 3.05) is 0 Å². The van der Waals surface area contributed by atoms with Gasteiger partial charge >= 0.3 is 0 Å². The van der Waals surface area contributed by atoms with Crippen LogP contribution in [-0.2, 0) is 19.3 Å². The van der Waals surface area contributed by atoms with Crippen LogP contribution in [0.5, 0.6) is 0 Å². The lowest BCUT2D eigenvalue weighted by Gasteiger charge is -2.26. The third-order valence-corrected chi connectivity index (χ3v) is 5.74. The minimum atomic E-state index is -0.836. The molecule has 0 aliphatic heterocycles. The molecule has 0 nitrogen and oxygen atoms in total. The Labute approximate surface area is 164 Å². The Balaban J connectivity index is 1.59. The first-order valence-corrected chi connectivity index (χ1v) is 9.91. The number of halogens is 3. The first kappa shape index (κ1) is 18.8. The highest BCUT2D eigenvalue weighted by Crippen LogP contribution is 2.36. The molecule has 28 heavy (non-hydrogen) atoms. The van der Waals surface area contributed by atoms with Gasteiger partial charge in [-0.15, -0.1) is 0 Å². The van der Waals surface area contributed by atoms with Crippen molar-refractivity contribution >= 4 is 0 Å². The molecule has 1 unspecified atom stereocenters. The molecule has 1 aliphatic carbocycles. The fourth-order valence-electron chi connectivity index (χ4n) is 4.26. The van der Waals surface area contributed by atoms with Gasteiger partial charge in [0, 0.05) is 5.56 Å². The van der Waals surface area contributed by atoms with Crippen LogP contribution in [0.3, 0.4) is 0 Å². The van der Waals surface area contributed by atoms with Crippen molar-refractivity contribution in [2.45, 2.75) is 44.9 Å². The number of hydrogen-bond acceptors (Lipinski definition) is 0. The zero-order valence-electron chi connectivity index (χ0n) is 15.9. The standard InChI is InChI=1S/C25H23F3/c1-2-4-16-7-12-21(24(27)13-16)19-10-8-18-15-20(11-9-17(18)14-19)22-5-3-6-23(26)25(22)28/h3,5-7,9,11-13,15,19H,2,4,8,10,14H2,1H3. The third-order valence-electron chi connectivity index (χ3n) is 5.74. The molecule has 0 saturated carbocycles. The highest BCUT2D eigenvalue weighted by molar-refractivity contribution is 5.66. The van der Waals surface area contributed by atoms with E-state index in [2.05, 4.69) is 6.92 Å². The summed E-state index contributed by atoms with van der Waals surface area (Å²) >= 11 is 0. The second kappa shape index (κ2) is 7.83. The highest BCUT2D eigenvalue weighted by atomic mass is 19.2. The molecule has 0 saturated heterocycles. The van der Waals surface area contributed by atoms with Crippen LogP contribution >= 0.6 is 0 Å². The Hall–Kier alpha value is -2.55. The van der Waals surface area contributed by atoms with Gasteiger partial charge in [0.2, 0.25) is 0 Å². The fraction of sp³-hybridized carbons (Fsp3) is 0.280. The van der Waals surface area contributed by atoms with Crippen LogP contribution in [0.2, 0.25) is 0 Å². The van der Waals surface area contributed by atoms with Crippen molar-refractivity contribution in [1.82, 2.24) is 0 Å². The second-order valence-corrected chi connectivity index (χ2v) is 7.63. The highest BCUT2D eigenvalue weighted by Gasteiger charge is 2.23. The average Bonchev–Trinajstić information content (AvgIpc) is 2.70. The van der Waals surface area contributed by atoms with E-state index in [9.17, 15) is 13.2 Å². The summed E-state index contributed by atoms with van der Waals surface area (Å²) in [6.07, 6.45) is 4.33. The van der Waals surface area contributed by atoms with E-state index in [0.717, 1.165) is 60.4 Å². The lowest BCUT2D eigenvalue weighted by atomic mass is 9.79. The SMILES string of the molecule is CCCc1ccc(C2CCc3cc(-c4cccc(F)c4F)ccc3C2)c(F)c1. The van der Waals surface area contributed by atoms with Crippen LogP contribution in [-0.4, -0.2) is 0 Å². The van der Waals surface area contributed by atoms with E-state index in [-0.39, 0.29) is 17.3 Å². The minimum Gasteiger partial charge on any atom is -0.207 e. The molecule has 0 heterocycles. The largest absolute Gasteiger partial charge is 0.207 e. The van der Waals surface area contributed by atoms with Gasteiger partial charge in [-0.25, -0.2) is 13.2 Å². The van der Waals surface area contributed by atoms with E-state index in [4.69, 9.17) is 0 Å². The normalized spacial score (nSPS) is 16.1. The summed E-state index contributed by atoms with van der Waals surface area (Å²) in [7, 11) is 0. The van der Waals surface area contributed by atoms with Gasteiger partial charge in [-0.1, -0.05) is 55.8 Å². The van der Waals surface area contributed by atoms with Gasteiger partial charge in [0.15, 0.2) is 11.6 Å². The molecule has 0 fully saturated rings. The maximum absolute atomic E-state index is 14.6. The van der Waals surface area contributed by atoms with Crippen molar-refractivity contribution in [3.63, 3.8) is 0 Å². The number of benzene rings is 3. The van der Waals surface area contributed by atoms with E-state index < -0.39 is 11.6 Å². The molecule has 3 aromatic rings. The summed E-state index contributed by atoms with van der Waals surface area (Å²) < 4.78 is 42.3. The summed E-state index contributed by atoms with van der Waals surface area (Å²) in [6, 6.07) is 15.6. The first-order chi connectivity index (χ1) is 13.6. The van der Waals surface area contributed by atoms with Gasteiger partial charge in [0.1, 0.15) is 5.82 Å². The van der Waals surface area contributed by atoms with Crippen LogP contribution in [0, 0.1) is 17.5 Å². The number of aryl methyl sites for hydroxylation is 2. The van der Waals surface area contributed by atoms with Gasteiger partial charge in [0.25, 0.3) is 0 Å². The van der Waals surface area contributed by atoms with Crippen molar-refractivity contribution < 1.29 is 13.2 Å². The summed E-state index contributed by atoms with van der Waals surface area (Å²) in [5.41, 5.74) is 5.09. The van der Waals surface area contributed by atoms with E-state index >= 15 is 0 Å². The molecule has 3 aromatic carbocycles. The van der Waals surface area contributed by atoms with E-state index in [1.807, 2.05) is 30.3 Å². The molecule has 0 amide bonds. The topological polar surface area (TPSA) is 0 Å². The quantitative estimate of drug-likeness (QED) is 0.457. The van der Waals surface area contributed by atoms with Gasteiger partial charge in [-0.3, -0.25) is 0 Å². The molecule has 0 radical (unpaired) electrons. The predicted octanol–water partition coefficient (Wildman–Crippen LogP) is 7.00. The second-order valence-electron chi connectivity index (χ2n) is 7.63. The van der Waals surface area contributed by atoms with Crippen LogP contribution in [0.4, 0.5) is 13.2 Å². The zero-order chi connectivity index (χ0) is 19.7. The monoisotopic (exact) mass is 380 g/mol. The Morgan fingerprint density at radius 1 is 0.893 bits per heavy atom. The molecule has 4 rings (SSSR count). The van der Waals surface area contributed by atoms with E-state index in [1.54, 1.807) is 12.1 Å². The Kier molecular flexibility index (Phi) is 5.25. The summed E-state index contributed by atoms with van der Waals surface area (Å²) in [5, 5.41) is 0. The Bertz CT molecular complexity index is 1010. The van der Waals surface area contributed by atoms with E-state index in [1.165, 1.54) is 6.07 Å². The molecule has 0 aromatic heterocycles. The average molecular weight is 380 g/mol. The maximum atomic E-state index is 14.6. The molecular formula is C25H23F3. The van der Waals surface area contributed by atoms with Crippen LogP contribution in [0.25, 0.3) is 11.1 Å². The summed E-state index contributed by atoms with van der Waals surface area (Å²) in [5.74, 6) is -1.61. The van der Waals surface area contributed by atoms with Gasteiger partial charge in [0.05, 0.1) is 0 Å². The fourth-order valence-corrected chi connectivity index (χ4v) is 4.26. The first-order valence-electron chi connectivity index (χ1n) is 9.91. The van der Waals surface area contributed by atoms with Crippen molar-refractivity contribution in [2.24, 2.45) is 0 Å². The molecule has 0 N–H and O–H groups in total. The van der Waals surface area contributed by atoms with Crippen LogP contribution in [0.15, 0.2) is 54.6 Å². The lowest BCUT2D eigenvalue weighted by molar-refractivity contribution is 0.511. The predicted molar refractivity (Wildman–Crippen MR) is 107 cm³/mol. The van der Waals surface area contributed by atoms with Gasteiger partial charge < -0.3 is 0 Å². The van der Waals surface area contributed by atoms with Crippen LogP contribution < -0.4 is 0 Å². The number of hydrogen-bond donors (Lipinski definition) is 0. The summed E-state index contributed by atoms with van der Waals surface area (Å²) in [4.78, 5) is 0. The minimum absolute atomic E-state index is 0.113. The Morgan fingerprint density at radius 2 is 1.75 bits per heavy atom. The molecular weight excluding hydrogens is 357 g/mol. The van der Waals surface area contributed by atoms with Crippen molar-refractivity contribution in [1.29, 1.82) is 0 Å². The van der Waals surface area contributed by atoms with Crippen LogP contribution in [0.1, 0.15) is 47.9 Å². The van der Waals surface area contributed by atoms with Crippen molar-refractivity contribution in [3.8, 4) is 11.1 Å². The van der Waals surface area contributed by atoms with Crippen molar-refractivity contribution in [3.05, 3.63) is 94.3 Å². The smallest absolute Gasteiger partial charge is 0.166 e. The number of fused-ring (bicyclic) bond motifs is 1. The summed E-state index contributed by atoms with van der Waals surface area (Å²) in [6.45, 7) is 2.09.